The van der Waals surface area contributed by atoms with Crippen molar-refractivity contribution in [3.8, 4) is 0 Å². The minimum absolute atomic E-state index is 0.359. The van der Waals surface area contributed by atoms with Gasteiger partial charge < -0.3 is 127 Å². The summed E-state index contributed by atoms with van der Waals surface area (Å²) < 4.78 is 0. The van der Waals surface area contributed by atoms with E-state index in [1.54, 1.807) is 0 Å². The first-order valence-electron chi connectivity index (χ1n) is 24.5. The van der Waals surface area contributed by atoms with E-state index in [-0.39, 0.29) is 6.54 Å². The van der Waals surface area contributed by atoms with Gasteiger partial charge >= 0.3 is 5.97 Å². The van der Waals surface area contributed by atoms with Crippen molar-refractivity contribution in [3.63, 3.8) is 0 Å². The summed E-state index contributed by atoms with van der Waals surface area (Å²) in [6.45, 7) is -14.1. The molecule has 43 heteroatoms. The third-order valence-electron chi connectivity index (χ3n) is 9.68. The molecule has 43 nitrogen and oxygen atoms in total. The number of nitrogens with one attached hydrogen (secondary N) is 18. The molecule has 85 heavy (non-hydrogen) atoms. The largest absolute Gasteiger partial charge is 0.480 e. The number of carboxylic acid groups (broad SMARTS) is 1. The van der Waals surface area contributed by atoms with Crippen molar-refractivity contribution in [2.24, 2.45) is 5.73 Å². The predicted molar refractivity (Wildman–Crippen MR) is 275 cm³/mol. The molecule has 474 valence electrons. The first kappa shape index (κ1) is 74.7. The summed E-state index contributed by atoms with van der Waals surface area (Å²) in [6, 6.07) is -6.49. The third kappa shape index (κ3) is 36.7. The van der Waals surface area contributed by atoms with Crippen molar-refractivity contribution in [2.45, 2.75) is 24.2 Å². The zero-order valence-electron chi connectivity index (χ0n) is 44.8. The molecule has 4 atom stereocenters. The summed E-state index contributed by atoms with van der Waals surface area (Å²) in [7, 11) is 0. The van der Waals surface area contributed by atoms with Gasteiger partial charge in [0.1, 0.15) is 24.2 Å². The SMILES string of the molecule is NCC(=O)NCC(=O)NCC(=O)NCC(=O)N[C@@H](CO)C(=O)NCC(=O)NCC(=O)NCC(=O)NCC(=O)NCC(=O)N[C@@H](CO)C(=O)NCC(=O)NCC(=O)NCC(=O)NCC(=O)NCC(=O)N[C@@H](CO)C(=O)NCC(=O)N[C@@H](CO)C(=O)O. The van der Waals surface area contributed by atoms with E-state index in [1.165, 1.54) is 0 Å². The van der Waals surface area contributed by atoms with E-state index in [0.29, 0.717) is 0 Å². The molecule has 0 aromatic heterocycles. The maximum Gasteiger partial charge on any atom is 0.328 e. The van der Waals surface area contributed by atoms with Gasteiger partial charge in [0, 0.05) is 0 Å². The van der Waals surface area contributed by atoms with Crippen LogP contribution in [0.15, 0.2) is 0 Å². The molecule has 0 aromatic carbocycles. The van der Waals surface area contributed by atoms with Gasteiger partial charge in [-0.25, -0.2) is 4.79 Å². The number of carbonyl (C=O) groups excluding carboxylic acids is 18. The number of amides is 18. The molecule has 0 heterocycles. The van der Waals surface area contributed by atoms with Gasteiger partial charge in [0.25, 0.3) is 0 Å². The molecule has 0 unspecified atom stereocenters. The molecule has 25 N–H and O–H groups in total. The van der Waals surface area contributed by atoms with Gasteiger partial charge in [0.15, 0.2) is 0 Å². The highest BCUT2D eigenvalue weighted by Gasteiger charge is 2.25. The summed E-state index contributed by atoms with van der Waals surface area (Å²) in [5, 5.41) is 83.8. The molecule has 0 aliphatic rings. The number of rotatable bonds is 41. The maximum absolute atomic E-state index is 12.4. The highest BCUT2D eigenvalue weighted by Crippen LogP contribution is 1.88. The number of hydrogen-bond donors (Lipinski definition) is 24. The number of nitrogens with two attached hydrogens (primary N) is 1. The zero-order chi connectivity index (χ0) is 64.4. The van der Waals surface area contributed by atoms with E-state index in [9.17, 15) is 106 Å². The van der Waals surface area contributed by atoms with E-state index >= 15 is 0 Å². The van der Waals surface area contributed by atoms with Crippen LogP contribution in [0.5, 0.6) is 0 Å². The van der Waals surface area contributed by atoms with Crippen molar-refractivity contribution in [1.82, 2.24) is 95.7 Å². The molecular weight excluding hydrogens is 1150 g/mol. The lowest BCUT2D eigenvalue weighted by Crippen LogP contribution is -2.54. The quantitative estimate of drug-likeness (QED) is 0.0270. The number of carboxylic acids is 1. The summed E-state index contributed by atoms with van der Waals surface area (Å²) >= 11 is 0. The second-order valence-corrected chi connectivity index (χ2v) is 16.5. The van der Waals surface area contributed by atoms with Crippen molar-refractivity contribution >= 4 is 112 Å². The molecule has 0 fully saturated rings. The first-order valence-corrected chi connectivity index (χ1v) is 24.5. The molecule has 0 aliphatic heterocycles. The van der Waals surface area contributed by atoms with Gasteiger partial charge in [0.2, 0.25) is 106 Å². The zero-order valence-corrected chi connectivity index (χ0v) is 44.8. The van der Waals surface area contributed by atoms with Crippen molar-refractivity contribution in [3.05, 3.63) is 0 Å². The van der Waals surface area contributed by atoms with Crippen molar-refractivity contribution < 1.29 is 117 Å². The molecular formula is C42H67N19O24. The number of aliphatic hydroxyl groups is 4. The standard InChI is InChI=1S/C42H67N19O24/c43-1-24(66)44-2-25(67)45-7-30(72)52-12-35(77)58-20(16-62)39(81)55-10-33(75)50-5-28(70)46-3-26(68)48-8-31(73)53-13-36(78)59-21(17-63)40(82)56-11-34(76)51-6-29(71)47-4-27(69)49-9-32(74)54-14-37(79)60-22(18-64)41(83)57-15-38(80)61-23(19-65)42(84)85/h20-23,62-65H,1-19,43H2,(H,44,66)(H,45,67)(H,46,70)(H,47,71)(H,48,68)(H,49,69)(H,50,75)(H,51,76)(H,52,72)(H,53,73)(H,54,74)(H,55,81)(H,56,82)(H,57,83)(H,58,77)(H,59,78)(H,60,79)(H,61,80)(H,84,85)/t20-,21-,22-,23-/m0/s1. The fourth-order valence-corrected chi connectivity index (χ4v) is 5.29. The summed E-state index contributed by atoms with van der Waals surface area (Å²) in [5.74, 6) is -18.3. The van der Waals surface area contributed by atoms with Crippen LogP contribution in [0.3, 0.4) is 0 Å². The van der Waals surface area contributed by atoms with Crippen LogP contribution in [0.4, 0.5) is 0 Å². The first-order chi connectivity index (χ1) is 40.2. The molecule has 0 radical (unpaired) electrons. The Kier molecular flexibility index (Phi) is 37.4. The van der Waals surface area contributed by atoms with Gasteiger partial charge in [-0.15, -0.1) is 0 Å². The molecule has 0 saturated heterocycles. The molecule has 0 spiro atoms. The molecule has 0 rings (SSSR count). The number of hydrogen-bond acceptors (Lipinski definition) is 24. The normalized spacial score (nSPS) is 11.6. The minimum atomic E-state index is -1.65. The molecule has 18 amide bonds. The number of aliphatic hydroxyl groups excluding tert-OH is 4. The lowest BCUT2D eigenvalue weighted by molar-refractivity contribution is -0.143. The second kappa shape index (κ2) is 42.6. The number of carbonyl (C=O) groups is 19. The van der Waals surface area contributed by atoms with E-state index < -0.39 is 255 Å². The maximum atomic E-state index is 12.4. The summed E-state index contributed by atoms with van der Waals surface area (Å²) in [4.78, 5) is 228. The summed E-state index contributed by atoms with van der Waals surface area (Å²) in [6.07, 6.45) is 0. The van der Waals surface area contributed by atoms with E-state index in [0.717, 1.165) is 0 Å². The van der Waals surface area contributed by atoms with E-state index in [4.69, 9.17) is 15.9 Å². The lowest BCUT2D eigenvalue weighted by atomic mass is 10.2. The molecule has 0 aromatic rings. The minimum Gasteiger partial charge on any atom is -0.480 e. The predicted octanol–water partition coefficient (Wildman–Crippen LogP) is -19.4. The van der Waals surface area contributed by atoms with Gasteiger partial charge in [-0.05, 0) is 0 Å². The molecule has 0 bridgehead atoms. The highest BCUT2D eigenvalue weighted by molar-refractivity contribution is 5.97. The average Bonchev–Trinajstić information content (AvgIpc) is 3.54. The Balaban J connectivity index is 4.39. The van der Waals surface area contributed by atoms with Crippen LogP contribution in [0.2, 0.25) is 0 Å². The second-order valence-electron chi connectivity index (χ2n) is 16.5. The molecule has 0 aliphatic carbocycles. The fourth-order valence-electron chi connectivity index (χ4n) is 5.29. The topological polar surface area (TPSA) is 668 Å². The Labute approximate surface area is 478 Å². The van der Waals surface area contributed by atoms with Crippen LogP contribution >= 0.6 is 0 Å². The highest BCUT2D eigenvalue weighted by atomic mass is 16.4. The van der Waals surface area contributed by atoms with Crippen molar-refractivity contribution in [2.75, 3.05) is 125 Å². The van der Waals surface area contributed by atoms with Gasteiger partial charge in [-0.2, -0.15) is 0 Å². The van der Waals surface area contributed by atoms with Gasteiger partial charge in [-0.3, -0.25) is 86.3 Å². The van der Waals surface area contributed by atoms with Gasteiger partial charge in [-0.1, -0.05) is 0 Å². The van der Waals surface area contributed by atoms with Gasteiger partial charge in [0.05, 0.1) is 125 Å². The molecule has 0 saturated carbocycles. The van der Waals surface area contributed by atoms with Crippen LogP contribution in [0.1, 0.15) is 0 Å². The Hall–Kier alpha value is -10.3. The Morgan fingerprint density at radius 1 is 0.235 bits per heavy atom. The van der Waals surface area contributed by atoms with Crippen LogP contribution in [0, 0.1) is 0 Å². The average molecular weight is 1220 g/mol. The lowest BCUT2D eigenvalue weighted by Gasteiger charge is -2.17. The Bertz CT molecular complexity index is 2450. The third-order valence-corrected chi connectivity index (χ3v) is 9.68. The van der Waals surface area contributed by atoms with Crippen molar-refractivity contribution in [1.29, 1.82) is 0 Å². The smallest absolute Gasteiger partial charge is 0.328 e. The summed E-state index contributed by atoms with van der Waals surface area (Å²) in [5.41, 5.74) is 5.08. The van der Waals surface area contributed by atoms with Crippen LogP contribution in [-0.2, 0) is 91.1 Å². The number of aliphatic carboxylic acids is 1. The Morgan fingerprint density at radius 3 is 0.565 bits per heavy atom. The van der Waals surface area contributed by atoms with Crippen LogP contribution in [0.25, 0.3) is 0 Å². The van der Waals surface area contributed by atoms with E-state index in [2.05, 4.69) is 79.8 Å². The van der Waals surface area contributed by atoms with Crippen LogP contribution < -0.4 is 101 Å². The monoisotopic (exact) mass is 1220 g/mol. The fraction of sp³-hybridized carbons (Fsp3) is 0.548. The Morgan fingerprint density at radius 2 is 0.388 bits per heavy atom. The van der Waals surface area contributed by atoms with Crippen LogP contribution in [-0.4, -0.2) is 287 Å². The van der Waals surface area contributed by atoms with E-state index in [1.807, 2.05) is 16.0 Å².